The van der Waals surface area contributed by atoms with Gasteiger partial charge in [0.25, 0.3) is 0 Å². The largest absolute Gasteiger partial charge is 4.00 e. The van der Waals surface area contributed by atoms with E-state index in [-0.39, 0.29) is 49.8 Å². The van der Waals surface area contributed by atoms with Crippen LogP contribution in [-0.4, -0.2) is 143 Å². The van der Waals surface area contributed by atoms with E-state index in [2.05, 4.69) is 111 Å². The number of carboxylic acids is 4. The first-order valence-electron chi connectivity index (χ1n) is 39.6. The van der Waals surface area contributed by atoms with Crippen molar-refractivity contribution in [3.8, 4) is 0 Å². The molecule has 0 bridgehead atoms. The van der Waals surface area contributed by atoms with Gasteiger partial charge in [0.05, 0.1) is 25.7 Å². The molecule has 101 heavy (non-hydrogen) atoms. The Kier molecular flexibility index (Phi) is 71.1. The molecule has 0 spiro atoms. The first kappa shape index (κ1) is 105. The Labute approximate surface area is 632 Å². The van der Waals surface area contributed by atoms with Gasteiger partial charge in [0.15, 0.2) is 23.1 Å². The predicted octanol–water partition coefficient (Wildman–Crippen LogP) is 11.8. The Hall–Kier alpha value is -4.68. The molecule has 0 saturated heterocycles. The van der Waals surface area contributed by atoms with Crippen LogP contribution < -0.4 is 20.4 Å². The van der Waals surface area contributed by atoms with Crippen LogP contribution in [-0.2, 0) is 83.7 Å². The van der Waals surface area contributed by atoms with Crippen molar-refractivity contribution in [3.63, 3.8) is 0 Å². The van der Waals surface area contributed by atoms with E-state index >= 15 is 0 Å². The Balaban J connectivity index is -0.000000404. The van der Waals surface area contributed by atoms with Crippen LogP contribution in [0.3, 0.4) is 0 Å². The second kappa shape index (κ2) is 68.4. The molecular formula is C80H144N4O16Zr. The average molecular weight is 1510 g/mol. The van der Waals surface area contributed by atoms with Crippen molar-refractivity contribution in [2.45, 2.75) is 342 Å². The number of hydrogen-bond acceptors (Lipinski definition) is 16. The Morgan fingerprint density at radius 2 is 0.327 bits per heavy atom. The minimum atomic E-state index is -1.77. The summed E-state index contributed by atoms with van der Waals surface area (Å²) in [6.45, 7) is 39.0. The smallest absolute Gasteiger partial charge is 0.542 e. The standard InChI is InChI=1S/4C20H37NO4.Zr/c4*1-5-9-11-16(7-3)14-21(15-17(8-4)12-10-6-2)19(23)13-18(22)20(24)25;/h4*16-17H,5-15H2,1-4H3,(H,24,25);/q;;;;+4/p-4. The minimum absolute atomic E-state index is 0. The van der Waals surface area contributed by atoms with Crippen molar-refractivity contribution in [1.82, 2.24) is 19.6 Å². The second-order valence-corrected chi connectivity index (χ2v) is 28.1. The van der Waals surface area contributed by atoms with Gasteiger partial charge in [0, 0.05) is 52.4 Å². The second-order valence-electron chi connectivity index (χ2n) is 28.1. The van der Waals surface area contributed by atoms with Gasteiger partial charge in [0.1, 0.15) is 23.9 Å². The summed E-state index contributed by atoms with van der Waals surface area (Å²) in [5.74, 6) is -9.95. The predicted molar refractivity (Wildman–Crippen MR) is 391 cm³/mol. The molecule has 8 unspecified atom stereocenters. The van der Waals surface area contributed by atoms with Crippen molar-refractivity contribution in [2.75, 3.05) is 52.4 Å². The molecule has 0 aliphatic rings. The van der Waals surface area contributed by atoms with Crippen molar-refractivity contribution in [2.24, 2.45) is 47.3 Å². The molecule has 0 heterocycles. The first-order valence-corrected chi connectivity index (χ1v) is 39.6. The average Bonchev–Trinajstić information content (AvgIpc) is 0.919. The summed E-state index contributed by atoms with van der Waals surface area (Å²) in [4.78, 5) is 145. The molecule has 20 nitrogen and oxygen atoms in total. The van der Waals surface area contributed by atoms with Gasteiger partial charge >= 0.3 is 26.2 Å². The van der Waals surface area contributed by atoms with Gasteiger partial charge in [-0.25, -0.2) is 0 Å². The zero-order valence-corrected chi connectivity index (χ0v) is 69.0. The van der Waals surface area contributed by atoms with Crippen LogP contribution in [0.2, 0.25) is 0 Å². The van der Waals surface area contributed by atoms with E-state index in [9.17, 15) is 78.0 Å². The van der Waals surface area contributed by atoms with Crippen LogP contribution in [0.15, 0.2) is 0 Å². The zero-order chi connectivity index (χ0) is 77.0. The van der Waals surface area contributed by atoms with Gasteiger partial charge in [-0.3, -0.25) is 38.4 Å². The number of carbonyl (C=O) groups excluding carboxylic acids is 12. The molecule has 0 radical (unpaired) electrons. The molecule has 0 fully saturated rings. The normalized spacial score (nSPS) is 13.1. The van der Waals surface area contributed by atoms with Gasteiger partial charge in [-0.2, -0.15) is 0 Å². The van der Waals surface area contributed by atoms with Crippen LogP contribution >= 0.6 is 0 Å². The van der Waals surface area contributed by atoms with E-state index in [0.717, 1.165) is 205 Å². The van der Waals surface area contributed by atoms with E-state index < -0.39 is 72.7 Å². The zero-order valence-electron chi connectivity index (χ0n) is 66.6. The molecule has 8 atom stereocenters. The molecule has 0 saturated carbocycles. The fourth-order valence-corrected chi connectivity index (χ4v) is 12.2. The van der Waals surface area contributed by atoms with Gasteiger partial charge < -0.3 is 59.2 Å². The summed E-state index contributed by atoms with van der Waals surface area (Å²) in [7, 11) is 0. The fourth-order valence-electron chi connectivity index (χ4n) is 12.2. The number of carbonyl (C=O) groups is 12. The van der Waals surface area contributed by atoms with Crippen molar-refractivity contribution in [3.05, 3.63) is 0 Å². The van der Waals surface area contributed by atoms with Crippen LogP contribution in [0, 0.1) is 47.3 Å². The summed E-state index contributed by atoms with van der Waals surface area (Å²) in [6.07, 6.45) is 31.7. The number of carboxylic acid groups (broad SMARTS) is 4. The van der Waals surface area contributed by atoms with Gasteiger partial charge in [-0.05, 0) is 98.7 Å². The van der Waals surface area contributed by atoms with Crippen LogP contribution in [0.25, 0.3) is 0 Å². The minimum Gasteiger partial charge on any atom is -0.542 e. The molecule has 21 heteroatoms. The third-order valence-electron chi connectivity index (χ3n) is 19.7. The monoisotopic (exact) mass is 1510 g/mol. The summed E-state index contributed by atoms with van der Waals surface area (Å²) in [6, 6.07) is 0. The maximum Gasteiger partial charge on any atom is 4.00 e. The van der Waals surface area contributed by atoms with E-state index in [1.54, 1.807) is 19.6 Å². The maximum absolute atomic E-state index is 12.5. The van der Waals surface area contributed by atoms with Crippen LogP contribution in [0.5, 0.6) is 0 Å². The summed E-state index contributed by atoms with van der Waals surface area (Å²) in [5.41, 5.74) is 0. The van der Waals surface area contributed by atoms with Crippen molar-refractivity contribution < 1.29 is 104 Å². The molecular weight excluding hydrogens is 1360 g/mol. The molecule has 0 aromatic heterocycles. The van der Waals surface area contributed by atoms with E-state index in [0.29, 0.717) is 99.7 Å². The SMILES string of the molecule is CCCCC(CC)CN(CC(CC)CCCC)C(=O)CC(=O)C(=O)[O-].CCCCC(CC)CN(CC(CC)CCCC)C(=O)CC(=O)C(=O)[O-].CCCCC(CC)CN(CC(CC)CCCC)C(=O)CC(=O)C(=O)[O-].CCCCC(CC)CN(CC(CC)CCCC)C(=O)CC(=O)C(=O)[O-].[Zr+4]. The van der Waals surface area contributed by atoms with E-state index in [4.69, 9.17) is 0 Å². The number of aliphatic carboxylic acids is 4. The van der Waals surface area contributed by atoms with Crippen molar-refractivity contribution in [1.29, 1.82) is 0 Å². The molecule has 0 aromatic rings. The number of rotatable bonds is 60. The first-order chi connectivity index (χ1) is 47.5. The molecule has 0 aromatic carbocycles. The molecule has 0 aliphatic carbocycles. The molecule has 0 N–H and O–H groups in total. The van der Waals surface area contributed by atoms with E-state index in [1.807, 2.05) is 0 Å². The summed E-state index contributed by atoms with van der Waals surface area (Å²) in [5, 5.41) is 42.7. The number of unbranched alkanes of at least 4 members (excludes halogenated alkanes) is 8. The van der Waals surface area contributed by atoms with Crippen LogP contribution in [0.1, 0.15) is 342 Å². The van der Waals surface area contributed by atoms with Gasteiger partial charge in [0.2, 0.25) is 23.6 Å². The van der Waals surface area contributed by atoms with Gasteiger partial charge in [-0.1, -0.05) is 265 Å². The summed E-state index contributed by atoms with van der Waals surface area (Å²) >= 11 is 0. The van der Waals surface area contributed by atoms with E-state index in [1.165, 1.54) is 0 Å². The topological polar surface area (TPSA) is 310 Å². The molecule has 584 valence electrons. The number of Topliss-reactive ketones (excluding diaryl/α,β-unsaturated/α-hetero) is 4. The van der Waals surface area contributed by atoms with Crippen molar-refractivity contribution >= 4 is 70.6 Å². The van der Waals surface area contributed by atoms with Crippen LogP contribution in [0.4, 0.5) is 0 Å². The molecule has 0 aliphatic heterocycles. The Bertz CT molecular complexity index is 1870. The number of amides is 4. The number of ketones is 4. The fraction of sp³-hybridized carbons (Fsp3) is 0.850. The molecule has 4 amide bonds. The Morgan fingerprint density at radius 1 is 0.218 bits per heavy atom. The quantitative estimate of drug-likeness (QED) is 0.0403. The molecule has 0 rings (SSSR count). The third-order valence-corrected chi connectivity index (χ3v) is 19.7. The summed E-state index contributed by atoms with van der Waals surface area (Å²) < 4.78 is 0. The maximum atomic E-state index is 12.5. The number of nitrogens with zero attached hydrogens (tertiary/aromatic N) is 4. The Morgan fingerprint density at radius 3 is 0.406 bits per heavy atom. The number of hydrogen-bond donors (Lipinski definition) is 0. The van der Waals surface area contributed by atoms with Gasteiger partial charge in [-0.15, -0.1) is 0 Å². The third kappa shape index (κ3) is 54.6.